The first-order valence-electron chi connectivity index (χ1n) is 9.19. The fourth-order valence-electron chi connectivity index (χ4n) is 2.74. The van der Waals surface area contributed by atoms with E-state index in [4.69, 9.17) is 11.6 Å². The van der Waals surface area contributed by atoms with Gasteiger partial charge in [-0.3, -0.25) is 4.79 Å². The minimum atomic E-state index is -0.458. The number of carbonyl (C=O) groups is 1. The number of aryl methyl sites for hydroxylation is 1. The summed E-state index contributed by atoms with van der Waals surface area (Å²) in [6.45, 7) is 1.90. The monoisotopic (exact) mass is 454 g/mol. The number of aromatic nitrogens is 5. The number of benzene rings is 2. The highest BCUT2D eigenvalue weighted by Gasteiger charge is 2.22. The molecule has 0 spiro atoms. The Bertz CT molecular complexity index is 1220. The Kier molecular flexibility index (Phi) is 6.24. The summed E-state index contributed by atoms with van der Waals surface area (Å²) in [7, 11) is 0. The topological polar surface area (TPSA) is 85.6 Å². The van der Waals surface area contributed by atoms with Crippen molar-refractivity contribution in [1.29, 1.82) is 0 Å². The number of halogens is 2. The molecule has 0 bridgehead atoms. The van der Waals surface area contributed by atoms with Gasteiger partial charge in [-0.2, -0.15) is 0 Å². The average molecular weight is 455 g/mol. The first kappa shape index (κ1) is 21.0. The Morgan fingerprint density at radius 3 is 2.61 bits per heavy atom. The van der Waals surface area contributed by atoms with Crippen molar-refractivity contribution < 1.29 is 9.18 Å². The normalized spacial score (nSPS) is 10.8. The highest BCUT2D eigenvalue weighted by molar-refractivity contribution is 7.98. The van der Waals surface area contributed by atoms with E-state index in [1.54, 1.807) is 29.2 Å². The van der Waals surface area contributed by atoms with Gasteiger partial charge in [0, 0.05) is 28.9 Å². The zero-order chi connectivity index (χ0) is 21.8. The zero-order valence-corrected chi connectivity index (χ0v) is 17.9. The molecule has 0 saturated carbocycles. The molecule has 0 radical (unpaired) electrons. The molecule has 0 saturated heterocycles. The lowest BCUT2D eigenvalue weighted by Crippen LogP contribution is -2.15. The molecule has 0 atom stereocenters. The average Bonchev–Trinajstić information content (AvgIpc) is 3.20. The van der Waals surface area contributed by atoms with Gasteiger partial charge in [0.15, 0.2) is 10.9 Å². The van der Waals surface area contributed by atoms with Gasteiger partial charge in [0.25, 0.3) is 5.91 Å². The highest BCUT2D eigenvalue weighted by Crippen LogP contribution is 2.25. The standard InChI is InChI=1S/C21H16ClFN6OS/c1-13-3-8-16(11-17(13)22)29-18(12-31-21-24-9-2-10-25-21)19(27-28-29)20(30)26-15-6-4-14(23)5-7-15/h2-11H,12H2,1H3,(H,26,30). The fraction of sp³-hybridized carbons (Fsp3) is 0.0952. The van der Waals surface area contributed by atoms with Gasteiger partial charge >= 0.3 is 0 Å². The molecule has 0 aliphatic rings. The van der Waals surface area contributed by atoms with Crippen molar-refractivity contribution in [3.63, 3.8) is 0 Å². The Morgan fingerprint density at radius 2 is 1.90 bits per heavy atom. The maximum atomic E-state index is 13.2. The minimum absolute atomic E-state index is 0.143. The first-order chi connectivity index (χ1) is 15.0. The van der Waals surface area contributed by atoms with Crippen LogP contribution in [0.25, 0.3) is 5.69 Å². The van der Waals surface area contributed by atoms with Gasteiger partial charge in [-0.1, -0.05) is 34.6 Å². The molecule has 0 fully saturated rings. The van der Waals surface area contributed by atoms with Crippen LogP contribution in [0.5, 0.6) is 0 Å². The molecule has 31 heavy (non-hydrogen) atoms. The van der Waals surface area contributed by atoms with E-state index in [0.717, 1.165) is 5.56 Å². The molecule has 7 nitrogen and oxygen atoms in total. The van der Waals surface area contributed by atoms with Crippen molar-refractivity contribution in [1.82, 2.24) is 25.0 Å². The third kappa shape index (κ3) is 4.89. The number of rotatable bonds is 6. The third-order valence-corrected chi connectivity index (χ3v) is 5.65. The molecule has 0 aliphatic carbocycles. The van der Waals surface area contributed by atoms with Gasteiger partial charge in [-0.05, 0) is 55.0 Å². The highest BCUT2D eigenvalue weighted by atomic mass is 35.5. The van der Waals surface area contributed by atoms with Gasteiger partial charge in [0.2, 0.25) is 0 Å². The predicted molar refractivity (Wildman–Crippen MR) is 117 cm³/mol. The van der Waals surface area contributed by atoms with Crippen molar-refractivity contribution in [3.05, 3.63) is 88.7 Å². The summed E-state index contributed by atoms with van der Waals surface area (Å²) in [5, 5.41) is 12.1. The summed E-state index contributed by atoms with van der Waals surface area (Å²) in [6, 6.07) is 12.7. The lowest BCUT2D eigenvalue weighted by molar-refractivity contribution is 0.102. The molecular formula is C21H16ClFN6OS. The van der Waals surface area contributed by atoms with Crippen LogP contribution in [0.15, 0.2) is 66.1 Å². The number of amides is 1. The molecule has 1 N–H and O–H groups in total. The van der Waals surface area contributed by atoms with Crippen LogP contribution in [0, 0.1) is 12.7 Å². The van der Waals surface area contributed by atoms with Crippen LogP contribution in [0.1, 0.15) is 21.7 Å². The summed E-state index contributed by atoms with van der Waals surface area (Å²) in [4.78, 5) is 21.3. The Morgan fingerprint density at radius 1 is 1.16 bits per heavy atom. The second-order valence-electron chi connectivity index (χ2n) is 6.51. The van der Waals surface area contributed by atoms with Crippen LogP contribution in [-0.4, -0.2) is 30.9 Å². The van der Waals surface area contributed by atoms with E-state index in [-0.39, 0.29) is 11.5 Å². The summed E-state index contributed by atoms with van der Waals surface area (Å²) >= 11 is 7.63. The molecular weight excluding hydrogens is 439 g/mol. The number of nitrogens with zero attached hydrogens (tertiary/aromatic N) is 5. The Balaban J connectivity index is 1.68. The quantitative estimate of drug-likeness (QED) is 0.335. The van der Waals surface area contributed by atoms with E-state index in [9.17, 15) is 9.18 Å². The number of hydrogen-bond donors (Lipinski definition) is 1. The number of thioether (sulfide) groups is 1. The number of carbonyl (C=O) groups excluding carboxylic acids is 1. The molecule has 2 aromatic heterocycles. The molecule has 0 aliphatic heterocycles. The van der Waals surface area contributed by atoms with Crippen molar-refractivity contribution in [2.45, 2.75) is 17.8 Å². The van der Waals surface area contributed by atoms with Crippen LogP contribution in [-0.2, 0) is 5.75 Å². The van der Waals surface area contributed by atoms with Gasteiger partial charge in [0.05, 0.1) is 11.4 Å². The van der Waals surface area contributed by atoms with Crippen molar-refractivity contribution in [2.75, 3.05) is 5.32 Å². The van der Waals surface area contributed by atoms with Crippen LogP contribution in [0.3, 0.4) is 0 Å². The lowest BCUT2D eigenvalue weighted by atomic mass is 10.2. The maximum absolute atomic E-state index is 13.2. The van der Waals surface area contributed by atoms with E-state index in [0.29, 0.717) is 33.0 Å². The van der Waals surface area contributed by atoms with Crippen LogP contribution >= 0.6 is 23.4 Å². The van der Waals surface area contributed by atoms with Crippen molar-refractivity contribution in [2.24, 2.45) is 0 Å². The third-order valence-electron chi connectivity index (χ3n) is 4.36. The molecule has 156 valence electrons. The van der Waals surface area contributed by atoms with E-state index in [2.05, 4.69) is 25.6 Å². The summed E-state index contributed by atoms with van der Waals surface area (Å²) in [5.74, 6) is -0.505. The van der Waals surface area contributed by atoms with E-state index < -0.39 is 5.91 Å². The first-order valence-corrected chi connectivity index (χ1v) is 10.6. The largest absolute Gasteiger partial charge is 0.321 e. The Hall–Kier alpha value is -3.30. The molecule has 2 heterocycles. The molecule has 4 aromatic rings. The number of hydrogen-bond acceptors (Lipinski definition) is 6. The molecule has 4 rings (SSSR count). The number of nitrogens with one attached hydrogen (secondary N) is 1. The number of anilines is 1. The van der Waals surface area contributed by atoms with Crippen molar-refractivity contribution in [3.8, 4) is 5.69 Å². The minimum Gasteiger partial charge on any atom is -0.321 e. The Labute approximate surface area is 186 Å². The van der Waals surface area contributed by atoms with Gasteiger partial charge < -0.3 is 5.32 Å². The molecule has 10 heteroatoms. The summed E-state index contributed by atoms with van der Waals surface area (Å²) < 4.78 is 14.7. The summed E-state index contributed by atoms with van der Waals surface area (Å²) in [5.41, 5.74) is 2.74. The van der Waals surface area contributed by atoms with Gasteiger partial charge in [-0.15, -0.1) is 5.10 Å². The molecule has 2 aromatic carbocycles. The second kappa shape index (κ2) is 9.23. The fourth-order valence-corrected chi connectivity index (χ4v) is 3.72. The van der Waals surface area contributed by atoms with Gasteiger partial charge in [0.1, 0.15) is 5.82 Å². The second-order valence-corrected chi connectivity index (χ2v) is 7.86. The lowest BCUT2D eigenvalue weighted by Gasteiger charge is -2.09. The molecule has 1 amide bonds. The zero-order valence-electron chi connectivity index (χ0n) is 16.3. The van der Waals surface area contributed by atoms with E-state index in [1.807, 2.05) is 19.1 Å². The van der Waals surface area contributed by atoms with E-state index >= 15 is 0 Å². The SMILES string of the molecule is Cc1ccc(-n2nnc(C(=O)Nc3ccc(F)cc3)c2CSc2ncccn2)cc1Cl. The van der Waals surface area contributed by atoms with Crippen LogP contribution in [0.4, 0.5) is 10.1 Å². The summed E-state index contributed by atoms with van der Waals surface area (Å²) in [6.07, 6.45) is 3.29. The maximum Gasteiger partial charge on any atom is 0.278 e. The van der Waals surface area contributed by atoms with Crippen molar-refractivity contribution >= 4 is 35.0 Å². The van der Waals surface area contributed by atoms with E-state index in [1.165, 1.54) is 36.0 Å². The van der Waals surface area contributed by atoms with Crippen LogP contribution in [0.2, 0.25) is 5.02 Å². The predicted octanol–water partition coefficient (Wildman–Crippen LogP) is 4.70. The molecule has 0 unspecified atom stereocenters. The van der Waals surface area contributed by atoms with Crippen LogP contribution < -0.4 is 5.32 Å². The smallest absolute Gasteiger partial charge is 0.278 e. The van der Waals surface area contributed by atoms with Gasteiger partial charge in [-0.25, -0.2) is 19.0 Å².